The maximum absolute atomic E-state index is 12.1. The topological polar surface area (TPSA) is 115 Å². The number of sulfonamides is 1. The first-order valence-electron chi connectivity index (χ1n) is 7.52. The Hall–Kier alpha value is -2.20. The molecule has 0 saturated carbocycles. The number of halogens is 1. The van der Waals surface area contributed by atoms with E-state index in [1.54, 1.807) is 24.3 Å². The molecule has 2 rings (SSSR count). The van der Waals surface area contributed by atoms with Gasteiger partial charge in [-0.2, -0.15) is 0 Å². The number of anilines is 1. The molecule has 1 aromatic carbocycles. The summed E-state index contributed by atoms with van der Waals surface area (Å²) in [5.74, 6) is -1.72. The van der Waals surface area contributed by atoms with Gasteiger partial charge in [0.25, 0.3) is 5.88 Å². The summed E-state index contributed by atoms with van der Waals surface area (Å²) < 4.78 is 42.0. The third-order valence-corrected chi connectivity index (χ3v) is 5.10. The number of furan rings is 1. The molecule has 0 fully saturated rings. The Bertz CT molecular complexity index is 892. The second-order valence-electron chi connectivity index (χ2n) is 5.23. The molecule has 0 aliphatic carbocycles. The van der Waals surface area contributed by atoms with Crippen molar-refractivity contribution in [3.8, 4) is 28.6 Å². The largest absolute Gasteiger partial charge is 0.502 e. The number of carbonyl (C=O) groups excluding carboxylic acids is 1. The summed E-state index contributed by atoms with van der Waals surface area (Å²) in [5.41, 5.74) is 0.418. The Morgan fingerprint density at radius 2 is 2.12 bits per heavy atom. The van der Waals surface area contributed by atoms with Gasteiger partial charge in [-0.1, -0.05) is 28.1 Å². The summed E-state index contributed by atoms with van der Waals surface area (Å²) in [7, 11) is -2.27. The molecular formula is C16H18BrNO7S. The summed E-state index contributed by atoms with van der Waals surface area (Å²) in [6.45, 7) is 1.13. The van der Waals surface area contributed by atoms with Crippen LogP contribution in [0.1, 0.15) is 13.3 Å². The molecule has 2 N–H and O–H groups in total. The maximum atomic E-state index is 12.1. The minimum atomic E-state index is -3.75. The molecule has 10 heteroatoms. The van der Waals surface area contributed by atoms with Crippen LogP contribution >= 0.6 is 15.9 Å². The number of methoxy groups -OCH3 is 1. The van der Waals surface area contributed by atoms with Gasteiger partial charge in [0.2, 0.25) is 21.5 Å². The summed E-state index contributed by atoms with van der Waals surface area (Å²) in [5, 5.41) is 10.9. The molecule has 0 unspecified atom stereocenters. The van der Waals surface area contributed by atoms with Crippen LogP contribution in [0, 0.1) is 0 Å². The average molecular weight is 448 g/mol. The van der Waals surface area contributed by atoms with Crippen LogP contribution in [0.25, 0.3) is 11.3 Å². The van der Waals surface area contributed by atoms with E-state index in [0.29, 0.717) is 23.1 Å². The lowest BCUT2D eigenvalue weighted by Crippen LogP contribution is -2.17. The van der Waals surface area contributed by atoms with Gasteiger partial charge >= 0.3 is 5.97 Å². The van der Waals surface area contributed by atoms with Gasteiger partial charge in [0.15, 0.2) is 5.76 Å². The quantitative estimate of drug-likeness (QED) is 0.471. The Morgan fingerprint density at radius 3 is 2.73 bits per heavy atom. The number of rotatable bonds is 8. The van der Waals surface area contributed by atoms with Crippen LogP contribution in [0.4, 0.5) is 5.88 Å². The first-order valence-corrected chi connectivity index (χ1v) is 10.3. The van der Waals surface area contributed by atoms with Crippen LogP contribution in [0.3, 0.4) is 0 Å². The Labute approximate surface area is 159 Å². The Kier molecular flexibility index (Phi) is 6.54. The Balaban J connectivity index is 2.48. The lowest BCUT2D eigenvalue weighted by molar-refractivity contribution is -0.131. The summed E-state index contributed by atoms with van der Waals surface area (Å²) in [6, 6.07) is 6.57. The van der Waals surface area contributed by atoms with Crippen LogP contribution in [0.5, 0.6) is 17.2 Å². The highest BCUT2D eigenvalue weighted by Gasteiger charge is 2.27. The van der Waals surface area contributed by atoms with E-state index in [4.69, 9.17) is 13.9 Å². The number of carbonyl (C=O) groups is 1. The molecule has 0 aliphatic rings. The normalized spacial score (nSPS) is 11.2. The predicted molar refractivity (Wildman–Crippen MR) is 99.5 cm³/mol. The maximum Gasteiger partial charge on any atom is 0.308 e. The number of esters is 1. The number of hydrogen-bond acceptors (Lipinski definition) is 7. The van der Waals surface area contributed by atoms with Crippen LogP contribution in [0.15, 0.2) is 28.7 Å². The van der Waals surface area contributed by atoms with E-state index in [-0.39, 0.29) is 17.4 Å². The standard InChI is InChI=1S/C16H18BrNO7S/c1-10(19)24-15-13(20)14(11-5-3-6-12(9-11)23-2)25-16(15)18-26(21,22)8-4-7-17/h3,5-6,9,18,20H,4,7-8H2,1-2H3. The second kappa shape index (κ2) is 8.45. The molecule has 0 bridgehead atoms. The van der Waals surface area contributed by atoms with Crippen molar-refractivity contribution in [2.75, 3.05) is 22.9 Å². The highest BCUT2D eigenvalue weighted by atomic mass is 79.9. The Morgan fingerprint density at radius 1 is 1.38 bits per heavy atom. The molecule has 0 amide bonds. The van der Waals surface area contributed by atoms with Crippen molar-refractivity contribution >= 4 is 37.8 Å². The van der Waals surface area contributed by atoms with Crippen molar-refractivity contribution in [2.24, 2.45) is 0 Å². The molecule has 0 radical (unpaired) electrons. The van der Waals surface area contributed by atoms with Crippen LogP contribution in [0.2, 0.25) is 0 Å². The van der Waals surface area contributed by atoms with Gasteiger partial charge in [-0.3, -0.25) is 4.79 Å². The molecule has 0 aliphatic heterocycles. The molecule has 8 nitrogen and oxygen atoms in total. The van der Waals surface area contributed by atoms with Crippen molar-refractivity contribution in [2.45, 2.75) is 13.3 Å². The zero-order chi connectivity index (χ0) is 19.3. The molecule has 0 spiro atoms. The SMILES string of the molecule is COc1cccc(-c2oc(NS(=O)(=O)CCCBr)c(OC(C)=O)c2O)c1. The molecular weight excluding hydrogens is 430 g/mol. The van der Waals surface area contributed by atoms with Crippen LogP contribution in [-0.2, 0) is 14.8 Å². The summed E-state index contributed by atoms with van der Waals surface area (Å²) in [4.78, 5) is 11.3. The van der Waals surface area contributed by atoms with E-state index in [1.807, 2.05) is 0 Å². The molecule has 142 valence electrons. The third-order valence-electron chi connectivity index (χ3n) is 3.21. The number of benzene rings is 1. The van der Waals surface area contributed by atoms with E-state index in [1.165, 1.54) is 7.11 Å². The van der Waals surface area contributed by atoms with E-state index in [0.717, 1.165) is 6.92 Å². The predicted octanol–water partition coefficient (Wildman–Crippen LogP) is 3.11. The average Bonchev–Trinajstić information content (AvgIpc) is 2.88. The highest BCUT2D eigenvalue weighted by molar-refractivity contribution is 9.09. The highest BCUT2D eigenvalue weighted by Crippen LogP contribution is 2.47. The molecule has 1 heterocycles. The summed E-state index contributed by atoms with van der Waals surface area (Å²) >= 11 is 3.16. The fraction of sp³-hybridized carbons (Fsp3) is 0.312. The van der Waals surface area contributed by atoms with Crippen molar-refractivity contribution in [3.05, 3.63) is 24.3 Å². The van der Waals surface area contributed by atoms with E-state index >= 15 is 0 Å². The van der Waals surface area contributed by atoms with Gasteiger partial charge in [0, 0.05) is 17.8 Å². The van der Waals surface area contributed by atoms with Gasteiger partial charge in [-0.05, 0) is 18.6 Å². The number of ether oxygens (including phenoxy) is 2. The van der Waals surface area contributed by atoms with Gasteiger partial charge in [0.05, 0.1) is 12.9 Å². The summed E-state index contributed by atoms with van der Waals surface area (Å²) in [6.07, 6.45) is 0.369. The first-order chi connectivity index (χ1) is 12.3. The van der Waals surface area contributed by atoms with Crippen LogP contribution < -0.4 is 14.2 Å². The minimum Gasteiger partial charge on any atom is -0.502 e. The van der Waals surface area contributed by atoms with Crippen molar-refractivity contribution < 1.29 is 32.2 Å². The van der Waals surface area contributed by atoms with Gasteiger partial charge in [-0.15, -0.1) is 0 Å². The third kappa shape index (κ3) is 4.92. The first kappa shape index (κ1) is 20.1. The zero-order valence-electron chi connectivity index (χ0n) is 14.1. The van der Waals surface area contributed by atoms with Crippen LogP contribution in [-0.4, -0.2) is 37.7 Å². The second-order valence-corrected chi connectivity index (χ2v) is 7.86. The molecule has 0 atom stereocenters. The number of hydrogen-bond donors (Lipinski definition) is 2. The molecule has 2 aromatic rings. The van der Waals surface area contributed by atoms with E-state index < -0.39 is 27.5 Å². The fourth-order valence-electron chi connectivity index (χ4n) is 2.11. The lowest BCUT2D eigenvalue weighted by Gasteiger charge is -2.06. The fourth-order valence-corrected chi connectivity index (χ4v) is 3.80. The van der Waals surface area contributed by atoms with Crippen molar-refractivity contribution in [1.82, 2.24) is 0 Å². The van der Waals surface area contributed by atoms with E-state index in [9.17, 15) is 18.3 Å². The number of aromatic hydroxyl groups is 1. The van der Waals surface area contributed by atoms with Crippen molar-refractivity contribution in [3.63, 3.8) is 0 Å². The monoisotopic (exact) mass is 447 g/mol. The number of nitrogens with one attached hydrogen (secondary N) is 1. The number of alkyl halides is 1. The smallest absolute Gasteiger partial charge is 0.308 e. The lowest BCUT2D eigenvalue weighted by atomic mass is 10.1. The van der Waals surface area contributed by atoms with Gasteiger partial charge in [-0.25, -0.2) is 13.1 Å². The zero-order valence-corrected chi connectivity index (χ0v) is 16.5. The molecule has 1 aromatic heterocycles. The van der Waals surface area contributed by atoms with E-state index in [2.05, 4.69) is 20.7 Å². The molecule has 26 heavy (non-hydrogen) atoms. The minimum absolute atomic E-state index is 0.0571. The van der Waals surface area contributed by atoms with Gasteiger partial charge < -0.3 is 19.0 Å². The van der Waals surface area contributed by atoms with Gasteiger partial charge in [0.1, 0.15) is 5.75 Å². The molecule has 0 saturated heterocycles. The van der Waals surface area contributed by atoms with Crippen molar-refractivity contribution in [1.29, 1.82) is 0 Å².